The zero-order valence-corrected chi connectivity index (χ0v) is 12.9. The van der Waals surface area contributed by atoms with Crippen LogP contribution < -0.4 is 15.2 Å². The highest BCUT2D eigenvalue weighted by molar-refractivity contribution is 9.10. The van der Waals surface area contributed by atoms with Crippen molar-refractivity contribution in [3.8, 4) is 11.5 Å². The van der Waals surface area contributed by atoms with E-state index >= 15 is 0 Å². The molecule has 0 spiro atoms. The molecule has 1 unspecified atom stereocenters. The van der Waals surface area contributed by atoms with Gasteiger partial charge in [0.1, 0.15) is 0 Å². The average molecular weight is 346 g/mol. The van der Waals surface area contributed by atoms with E-state index in [-0.39, 0.29) is 12.7 Å². The Morgan fingerprint density at radius 1 is 1.35 bits per heavy atom. The van der Waals surface area contributed by atoms with E-state index in [0.29, 0.717) is 32.8 Å². The lowest BCUT2D eigenvalue weighted by Crippen LogP contribution is -2.17. The van der Waals surface area contributed by atoms with Crippen molar-refractivity contribution in [1.82, 2.24) is 0 Å². The van der Waals surface area contributed by atoms with Crippen molar-refractivity contribution in [3.63, 3.8) is 0 Å². The summed E-state index contributed by atoms with van der Waals surface area (Å²) < 4.78 is 17.9. The number of ether oxygens (including phenoxy) is 3. The standard InChI is InChI=1S/C14H20BrNO4/c15-11-7-10(13(9-16)19-4-1-3-17)8-12-14(11)20-6-2-5-18-12/h7-8,13,17H,1-6,9,16H2. The minimum Gasteiger partial charge on any atom is -0.490 e. The highest BCUT2D eigenvalue weighted by Gasteiger charge is 2.19. The summed E-state index contributed by atoms with van der Waals surface area (Å²) in [5.41, 5.74) is 6.72. The van der Waals surface area contributed by atoms with E-state index in [1.807, 2.05) is 12.1 Å². The van der Waals surface area contributed by atoms with Crippen molar-refractivity contribution < 1.29 is 19.3 Å². The molecule has 1 aromatic rings. The molecular formula is C14H20BrNO4. The van der Waals surface area contributed by atoms with E-state index in [1.54, 1.807) is 0 Å². The van der Waals surface area contributed by atoms with Crippen molar-refractivity contribution >= 4 is 15.9 Å². The van der Waals surface area contributed by atoms with Crippen molar-refractivity contribution in [2.45, 2.75) is 18.9 Å². The number of halogens is 1. The summed E-state index contributed by atoms with van der Waals surface area (Å²) in [5.74, 6) is 1.45. The summed E-state index contributed by atoms with van der Waals surface area (Å²) in [6.07, 6.45) is 1.25. The van der Waals surface area contributed by atoms with E-state index in [0.717, 1.165) is 28.0 Å². The van der Waals surface area contributed by atoms with Crippen LogP contribution in [0.5, 0.6) is 11.5 Å². The second kappa shape index (κ2) is 7.83. The summed E-state index contributed by atoms with van der Waals surface area (Å²) in [5, 5.41) is 8.80. The first-order valence-electron chi connectivity index (χ1n) is 6.78. The lowest BCUT2D eigenvalue weighted by molar-refractivity contribution is 0.0486. The molecule has 0 radical (unpaired) electrons. The number of benzene rings is 1. The maximum atomic E-state index is 8.80. The van der Waals surface area contributed by atoms with E-state index in [2.05, 4.69) is 15.9 Å². The van der Waals surface area contributed by atoms with E-state index in [9.17, 15) is 0 Å². The maximum absolute atomic E-state index is 8.80. The van der Waals surface area contributed by atoms with Crippen LogP contribution in [0.4, 0.5) is 0 Å². The van der Waals surface area contributed by atoms with Gasteiger partial charge >= 0.3 is 0 Å². The molecule has 0 saturated carbocycles. The smallest absolute Gasteiger partial charge is 0.175 e. The second-order valence-electron chi connectivity index (χ2n) is 4.55. The van der Waals surface area contributed by atoms with Crippen molar-refractivity contribution in [3.05, 3.63) is 22.2 Å². The molecule has 0 aromatic heterocycles. The molecule has 2 rings (SSSR count). The first-order chi connectivity index (χ1) is 9.76. The Kier molecular flexibility index (Phi) is 6.09. The molecule has 1 atom stereocenters. The van der Waals surface area contributed by atoms with Gasteiger partial charge in [-0.25, -0.2) is 0 Å². The summed E-state index contributed by atoms with van der Waals surface area (Å²) in [4.78, 5) is 0. The Morgan fingerprint density at radius 3 is 2.90 bits per heavy atom. The third kappa shape index (κ3) is 3.85. The number of hydrogen-bond donors (Lipinski definition) is 2. The van der Waals surface area contributed by atoms with Gasteiger partial charge in [-0.1, -0.05) is 0 Å². The Morgan fingerprint density at radius 2 is 2.15 bits per heavy atom. The van der Waals surface area contributed by atoms with E-state index in [1.165, 1.54) is 0 Å². The van der Waals surface area contributed by atoms with Crippen molar-refractivity contribution in [2.24, 2.45) is 5.73 Å². The van der Waals surface area contributed by atoms with Gasteiger partial charge in [0.15, 0.2) is 11.5 Å². The van der Waals surface area contributed by atoms with E-state index < -0.39 is 0 Å². The van der Waals surface area contributed by atoms with Crippen LogP contribution in [0.25, 0.3) is 0 Å². The minimum absolute atomic E-state index is 0.113. The lowest BCUT2D eigenvalue weighted by atomic mass is 10.1. The molecular weight excluding hydrogens is 326 g/mol. The van der Waals surface area contributed by atoms with Gasteiger partial charge in [-0.05, 0) is 40.0 Å². The fourth-order valence-electron chi connectivity index (χ4n) is 2.03. The fourth-order valence-corrected chi connectivity index (χ4v) is 2.60. The number of aliphatic hydroxyl groups is 1. The molecule has 5 nitrogen and oxygen atoms in total. The molecule has 0 aliphatic carbocycles. The van der Waals surface area contributed by atoms with Crippen LogP contribution in [0, 0.1) is 0 Å². The molecule has 6 heteroatoms. The largest absolute Gasteiger partial charge is 0.490 e. The Balaban J connectivity index is 2.18. The normalized spacial score (nSPS) is 15.8. The first-order valence-corrected chi connectivity index (χ1v) is 7.57. The summed E-state index contributed by atoms with van der Waals surface area (Å²) in [6.45, 7) is 2.25. The maximum Gasteiger partial charge on any atom is 0.175 e. The number of rotatable bonds is 6. The van der Waals surface area contributed by atoms with Crippen LogP contribution in [0.15, 0.2) is 16.6 Å². The summed E-state index contributed by atoms with van der Waals surface area (Å²) in [6, 6.07) is 3.87. The van der Waals surface area contributed by atoms with Crippen molar-refractivity contribution in [2.75, 3.05) is 33.0 Å². The summed E-state index contributed by atoms with van der Waals surface area (Å²) >= 11 is 3.51. The van der Waals surface area contributed by atoms with Gasteiger partial charge < -0.3 is 25.1 Å². The monoisotopic (exact) mass is 345 g/mol. The highest BCUT2D eigenvalue weighted by Crippen LogP contribution is 2.39. The third-order valence-electron chi connectivity index (χ3n) is 3.03. The predicted molar refractivity (Wildman–Crippen MR) is 79.2 cm³/mol. The fraction of sp³-hybridized carbons (Fsp3) is 0.571. The Hall–Kier alpha value is -0.820. The second-order valence-corrected chi connectivity index (χ2v) is 5.41. The molecule has 0 amide bonds. The average Bonchev–Trinajstić information content (AvgIpc) is 2.69. The van der Waals surface area contributed by atoms with Gasteiger partial charge in [-0.3, -0.25) is 0 Å². The van der Waals surface area contributed by atoms with Crippen LogP contribution in [0.3, 0.4) is 0 Å². The van der Waals surface area contributed by atoms with Gasteiger partial charge in [0, 0.05) is 26.2 Å². The van der Waals surface area contributed by atoms with Crippen LogP contribution in [-0.2, 0) is 4.74 Å². The zero-order chi connectivity index (χ0) is 14.4. The minimum atomic E-state index is -0.213. The molecule has 0 saturated heterocycles. The molecule has 1 aliphatic rings. The lowest BCUT2D eigenvalue weighted by Gasteiger charge is -2.19. The van der Waals surface area contributed by atoms with Gasteiger partial charge in [0.05, 0.1) is 23.8 Å². The highest BCUT2D eigenvalue weighted by atomic mass is 79.9. The SMILES string of the molecule is NCC(OCCCO)c1cc(Br)c2c(c1)OCCCO2. The van der Waals surface area contributed by atoms with E-state index in [4.69, 9.17) is 25.1 Å². The quantitative estimate of drug-likeness (QED) is 0.771. The van der Waals surface area contributed by atoms with Gasteiger partial charge in [-0.15, -0.1) is 0 Å². The molecule has 3 N–H and O–H groups in total. The van der Waals surface area contributed by atoms with Crippen LogP contribution >= 0.6 is 15.9 Å². The molecule has 0 bridgehead atoms. The predicted octanol–water partition coefficient (Wildman–Crippen LogP) is 2.01. The number of hydrogen-bond acceptors (Lipinski definition) is 5. The Labute approximate surface area is 127 Å². The van der Waals surface area contributed by atoms with Crippen LogP contribution in [0.2, 0.25) is 0 Å². The topological polar surface area (TPSA) is 73.9 Å². The molecule has 1 aromatic carbocycles. The molecule has 112 valence electrons. The number of aliphatic hydroxyl groups excluding tert-OH is 1. The zero-order valence-electron chi connectivity index (χ0n) is 11.3. The Bertz CT molecular complexity index is 441. The molecule has 0 fully saturated rings. The van der Waals surface area contributed by atoms with Gasteiger partial charge in [0.25, 0.3) is 0 Å². The first kappa shape index (κ1) is 15.6. The summed E-state index contributed by atoms with van der Waals surface area (Å²) in [7, 11) is 0. The van der Waals surface area contributed by atoms with Gasteiger partial charge in [-0.2, -0.15) is 0 Å². The number of nitrogens with two attached hydrogens (primary N) is 1. The van der Waals surface area contributed by atoms with Crippen LogP contribution in [-0.4, -0.2) is 38.1 Å². The molecule has 20 heavy (non-hydrogen) atoms. The molecule has 1 aliphatic heterocycles. The van der Waals surface area contributed by atoms with Gasteiger partial charge in [0.2, 0.25) is 0 Å². The molecule has 1 heterocycles. The van der Waals surface area contributed by atoms with Crippen molar-refractivity contribution in [1.29, 1.82) is 0 Å². The third-order valence-corrected chi connectivity index (χ3v) is 3.62. The number of fused-ring (bicyclic) bond motifs is 1. The van der Waals surface area contributed by atoms with Crippen LogP contribution in [0.1, 0.15) is 24.5 Å².